The Kier molecular flexibility index (Phi) is 4.97. The Bertz CT molecular complexity index is 971. The average molecular weight is 372 g/mol. The summed E-state index contributed by atoms with van der Waals surface area (Å²) in [7, 11) is -5.16. The largest absolute Gasteiger partial charge is 0.279 e. The summed E-state index contributed by atoms with van der Waals surface area (Å²) < 4.78 is 66.1. The highest BCUT2D eigenvalue weighted by molar-refractivity contribution is 7.92. The molecular formula is C15H17FN2O4S2. The number of halogens is 1. The summed E-state index contributed by atoms with van der Waals surface area (Å²) >= 11 is 0. The molecule has 0 saturated carbocycles. The third kappa shape index (κ3) is 3.58. The zero-order chi connectivity index (χ0) is 18.1. The molecule has 0 heterocycles. The van der Waals surface area contributed by atoms with E-state index in [1.807, 2.05) is 0 Å². The number of benzene rings is 2. The first-order valence-corrected chi connectivity index (χ1v) is 9.78. The molecule has 130 valence electrons. The van der Waals surface area contributed by atoms with Crippen LogP contribution in [0.25, 0.3) is 0 Å². The van der Waals surface area contributed by atoms with Crippen LogP contribution in [0.15, 0.2) is 52.3 Å². The first kappa shape index (κ1) is 18.4. The van der Waals surface area contributed by atoms with E-state index in [-0.39, 0.29) is 10.6 Å². The minimum absolute atomic E-state index is 0.0654. The molecule has 0 aliphatic heterocycles. The average Bonchev–Trinajstić information content (AvgIpc) is 2.49. The molecule has 0 unspecified atom stereocenters. The number of nitrogens with zero attached hydrogens (tertiary/aromatic N) is 1. The van der Waals surface area contributed by atoms with Crippen molar-refractivity contribution in [3.05, 3.63) is 53.8 Å². The number of nitrogens with one attached hydrogen (secondary N) is 1. The lowest BCUT2D eigenvalue weighted by molar-refractivity contribution is 0.520. The van der Waals surface area contributed by atoms with Crippen molar-refractivity contribution in [1.29, 1.82) is 0 Å². The van der Waals surface area contributed by atoms with E-state index in [9.17, 15) is 21.2 Å². The molecule has 0 saturated heterocycles. The number of anilines is 1. The zero-order valence-corrected chi connectivity index (χ0v) is 14.9. The fourth-order valence-electron chi connectivity index (χ4n) is 1.94. The van der Waals surface area contributed by atoms with Crippen molar-refractivity contribution in [2.75, 3.05) is 18.8 Å². The van der Waals surface area contributed by atoms with Gasteiger partial charge in [0.25, 0.3) is 10.0 Å². The molecular weight excluding hydrogens is 355 g/mol. The molecule has 0 bridgehead atoms. The smallest absolute Gasteiger partial charge is 0.264 e. The molecule has 0 aliphatic carbocycles. The maximum absolute atomic E-state index is 13.7. The Morgan fingerprint density at radius 1 is 1.00 bits per heavy atom. The second-order valence-electron chi connectivity index (χ2n) is 5.30. The van der Waals surface area contributed by atoms with Crippen molar-refractivity contribution in [2.45, 2.75) is 16.7 Å². The minimum atomic E-state index is -4.18. The molecule has 9 heteroatoms. The van der Waals surface area contributed by atoms with Gasteiger partial charge in [-0.3, -0.25) is 4.72 Å². The maximum Gasteiger partial charge on any atom is 0.264 e. The molecule has 0 radical (unpaired) electrons. The SMILES string of the molecule is Cc1ccc(S(=O)(=O)N(C)C)cc1NS(=O)(=O)c1ccccc1F. The van der Waals surface area contributed by atoms with Crippen molar-refractivity contribution in [1.82, 2.24) is 4.31 Å². The molecule has 0 spiro atoms. The van der Waals surface area contributed by atoms with Crippen molar-refractivity contribution < 1.29 is 21.2 Å². The first-order chi connectivity index (χ1) is 11.1. The highest BCUT2D eigenvalue weighted by atomic mass is 32.2. The molecule has 2 rings (SSSR count). The second-order valence-corrected chi connectivity index (χ2v) is 9.10. The Morgan fingerprint density at radius 2 is 1.62 bits per heavy atom. The quantitative estimate of drug-likeness (QED) is 0.872. The third-order valence-electron chi connectivity index (χ3n) is 3.36. The van der Waals surface area contributed by atoms with E-state index in [0.717, 1.165) is 16.4 Å². The van der Waals surface area contributed by atoms with Gasteiger partial charge in [0, 0.05) is 14.1 Å². The Balaban J connectivity index is 2.49. The number of aryl methyl sites for hydroxylation is 1. The van der Waals surface area contributed by atoms with Gasteiger partial charge in [0.1, 0.15) is 10.7 Å². The molecule has 1 N–H and O–H groups in total. The van der Waals surface area contributed by atoms with Crippen LogP contribution in [0.5, 0.6) is 0 Å². The lowest BCUT2D eigenvalue weighted by atomic mass is 10.2. The van der Waals surface area contributed by atoms with E-state index in [1.165, 1.54) is 44.4 Å². The van der Waals surface area contributed by atoms with Crippen molar-refractivity contribution in [3.63, 3.8) is 0 Å². The molecule has 24 heavy (non-hydrogen) atoms. The Morgan fingerprint density at radius 3 is 2.21 bits per heavy atom. The topological polar surface area (TPSA) is 83.6 Å². The molecule has 2 aromatic carbocycles. The third-order valence-corrected chi connectivity index (χ3v) is 6.57. The van der Waals surface area contributed by atoms with Gasteiger partial charge in [-0.25, -0.2) is 25.5 Å². The molecule has 0 atom stereocenters. The first-order valence-electron chi connectivity index (χ1n) is 6.86. The Hall–Kier alpha value is -1.97. The molecule has 0 aliphatic rings. The van der Waals surface area contributed by atoms with Gasteiger partial charge in [-0.1, -0.05) is 18.2 Å². The maximum atomic E-state index is 13.7. The summed E-state index contributed by atoms with van der Waals surface area (Å²) in [6.07, 6.45) is 0. The van der Waals surface area contributed by atoms with E-state index in [2.05, 4.69) is 4.72 Å². The van der Waals surface area contributed by atoms with Crippen LogP contribution in [0.1, 0.15) is 5.56 Å². The number of hydrogen-bond donors (Lipinski definition) is 1. The van der Waals surface area contributed by atoms with E-state index in [1.54, 1.807) is 6.92 Å². The molecule has 0 fully saturated rings. The van der Waals surface area contributed by atoms with E-state index < -0.39 is 30.8 Å². The van der Waals surface area contributed by atoms with Gasteiger partial charge in [0.15, 0.2) is 0 Å². The standard InChI is InChI=1S/C15H17FN2O4S2/c1-11-8-9-12(24(21,22)18(2)3)10-14(11)17-23(19,20)15-7-5-4-6-13(15)16/h4-10,17H,1-3H3. The summed E-state index contributed by atoms with van der Waals surface area (Å²) in [6, 6.07) is 9.02. The van der Waals surface area contributed by atoms with Gasteiger partial charge in [0.2, 0.25) is 10.0 Å². The number of hydrogen-bond acceptors (Lipinski definition) is 4. The summed E-state index contributed by atoms with van der Waals surface area (Å²) in [5.74, 6) is -0.889. The molecule has 0 aromatic heterocycles. The van der Waals surface area contributed by atoms with Crippen LogP contribution in [-0.4, -0.2) is 35.2 Å². The van der Waals surface area contributed by atoms with Crippen LogP contribution in [0.2, 0.25) is 0 Å². The second kappa shape index (κ2) is 6.50. The summed E-state index contributed by atoms with van der Waals surface area (Å²) in [5, 5.41) is 0. The highest BCUT2D eigenvalue weighted by Gasteiger charge is 2.22. The summed E-state index contributed by atoms with van der Waals surface area (Å²) in [4.78, 5) is -0.574. The van der Waals surface area contributed by atoms with Gasteiger partial charge >= 0.3 is 0 Å². The van der Waals surface area contributed by atoms with E-state index in [4.69, 9.17) is 0 Å². The van der Waals surface area contributed by atoms with Crippen LogP contribution in [0.4, 0.5) is 10.1 Å². The summed E-state index contributed by atoms with van der Waals surface area (Å²) in [5.41, 5.74) is 0.578. The molecule has 6 nitrogen and oxygen atoms in total. The lowest BCUT2D eigenvalue weighted by Crippen LogP contribution is -2.22. The monoisotopic (exact) mass is 372 g/mol. The van der Waals surface area contributed by atoms with Crippen LogP contribution in [-0.2, 0) is 20.0 Å². The molecule has 0 amide bonds. The summed E-state index contributed by atoms with van der Waals surface area (Å²) in [6.45, 7) is 1.62. The van der Waals surface area contributed by atoms with E-state index >= 15 is 0 Å². The van der Waals surface area contributed by atoms with Gasteiger partial charge in [-0.15, -0.1) is 0 Å². The number of sulfonamides is 2. The molecule has 2 aromatic rings. The van der Waals surface area contributed by atoms with Gasteiger partial charge in [-0.05, 0) is 36.8 Å². The predicted octanol–water partition coefficient (Wildman–Crippen LogP) is 2.19. The van der Waals surface area contributed by atoms with Crippen molar-refractivity contribution in [2.24, 2.45) is 0 Å². The fraction of sp³-hybridized carbons (Fsp3) is 0.200. The van der Waals surface area contributed by atoms with E-state index in [0.29, 0.717) is 5.56 Å². The van der Waals surface area contributed by atoms with Crippen molar-refractivity contribution >= 4 is 25.7 Å². The Labute approximate surface area is 141 Å². The van der Waals surface area contributed by atoms with Crippen LogP contribution >= 0.6 is 0 Å². The number of rotatable bonds is 5. The minimum Gasteiger partial charge on any atom is -0.279 e. The lowest BCUT2D eigenvalue weighted by Gasteiger charge is -2.15. The normalized spacial score (nSPS) is 12.4. The highest BCUT2D eigenvalue weighted by Crippen LogP contribution is 2.25. The fourth-order valence-corrected chi connectivity index (χ4v) is 4.08. The predicted molar refractivity (Wildman–Crippen MR) is 89.3 cm³/mol. The zero-order valence-electron chi connectivity index (χ0n) is 13.3. The van der Waals surface area contributed by atoms with Gasteiger partial charge in [0.05, 0.1) is 10.6 Å². The van der Waals surface area contributed by atoms with Crippen LogP contribution < -0.4 is 4.72 Å². The van der Waals surface area contributed by atoms with Crippen LogP contribution in [0, 0.1) is 12.7 Å². The van der Waals surface area contributed by atoms with Crippen LogP contribution in [0.3, 0.4) is 0 Å². The van der Waals surface area contributed by atoms with Gasteiger partial charge in [-0.2, -0.15) is 0 Å². The van der Waals surface area contributed by atoms with Gasteiger partial charge < -0.3 is 0 Å². The van der Waals surface area contributed by atoms with Crippen molar-refractivity contribution in [3.8, 4) is 0 Å².